The van der Waals surface area contributed by atoms with Gasteiger partial charge < -0.3 is 0 Å². The van der Waals surface area contributed by atoms with E-state index in [-0.39, 0.29) is 5.97 Å². The van der Waals surface area contributed by atoms with Crippen molar-refractivity contribution in [1.82, 2.24) is 0 Å². The standard InChI is InChI=1S/C8H6FN/c9-8-5-6-3-1-2-4-7(6)10-8/h1-4H,5H2. The number of nitrogens with zero attached hydrogens (tertiary/aromatic N) is 1. The minimum atomic E-state index is -0.277. The first-order valence-electron chi connectivity index (χ1n) is 3.17. The van der Waals surface area contributed by atoms with Crippen molar-refractivity contribution in [3.8, 4) is 0 Å². The molecule has 2 rings (SSSR count). The molecule has 1 aliphatic heterocycles. The molecule has 0 bridgehead atoms. The van der Waals surface area contributed by atoms with Gasteiger partial charge in [0.1, 0.15) is 0 Å². The average molecular weight is 135 g/mol. The Morgan fingerprint density at radius 3 is 2.90 bits per heavy atom. The number of halogens is 1. The van der Waals surface area contributed by atoms with E-state index in [0.717, 1.165) is 11.3 Å². The van der Waals surface area contributed by atoms with Gasteiger partial charge in [-0.05, 0) is 11.6 Å². The zero-order valence-electron chi connectivity index (χ0n) is 5.34. The van der Waals surface area contributed by atoms with Crippen molar-refractivity contribution in [1.29, 1.82) is 0 Å². The van der Waals surface area contributed by atoms with Gasteiger partial charge in [-0.25, -0.2) is 4.99 Å². The average Bonchev–Trinajstić information content (AvgIpc) is 2.27. The number of aliphatic imine (C=N–C) groups is 1. The van der Waals surface area contributed by atoms with Gasteiger partial charge in [-0.2, -0.15) is 4.39 Å². The van der Waals surface area contributed by atoms with Gasteiger partial charge in [0.25, 0.3) is 0 Å². The molecule has 0 unspecified atom stereocenters. The zero-order valence-corrected chi connectivity index (χ0v) is 5.34. The summed E-state index contributed by atoms with van der Waals surface area (Å²) in [5.41, 5.74) is 1.76. The van der Waals surface area contributed by atoms with Crippen LogP contribution >= 0.6 is 0 Å². The molecule has 0 saturated heterocycles. The Balaban J connectivity index is 2.54. The summed E-state index contributed by atoms with van der Waals surface area (Å²) in [5.74, 6) is -0.277. The first-order chi connectivity index (χ1) is 4.86. The second kappa shape index (κ2) is 1.90. The summed E-state index contributed by atoms with van der Waals surface area (Å²) in [7, 11) is 0. The third-order valence-corrected chi connectivity index (χ3v) is 1.57. The van der Waals surface area contributed by atoms with Crippen molar-refractivity contribution in [2.24, 2.45) is 4.99 Å². The van der Waals surface area contributed by atoms with E-state index < -0.39 is 0 Å². The molecule has 1 heterocycles. The molecule has 0 aliphatic carbocycles. The van der Waals surface area contributed by atoms with Crippen LogP contribution in [0.3, 0.4) is 0 Å². The lowest BCUT2D eigenvalue weighted by Crippen LogP contribution is -1.85. The summed E-state index contributed by atoms with van der Waals surface area (Å²) >= 11 is 0. The Hall–Kier alpha value is -1.18. The molecule has 10 heavy (non-hydrogen) atoms. The van der Waals surface area contributed by atoms with Gasteiger partial charge in [-0.3, -0.25) is 0 Å². The summed E-state index contributed by atoms with van der Waals surface area (Å²) in [6, 6.07) is 7.47. The molecular formula is C8H6FN. The van der Waals surface area contributed by atoms with E-state index in [9.17, 15) is 4.39 Å². The van der Waals surface area contributed by atoms with Crippen LogP contribution in [0.25, 0.3) is 0 Å². The van der Waals surface area contributed by atoms with Crippen molar-refractivity contribution in [3.05, 3.63) is 29.8 Å². The molecule has 1 aromatic carbocycles. The van der Waals surface area contributed by atoms with Gasteiger partial charge in [-0.15, -0.1) is 0 Å². The molecule has 0 radical (unpaired) electrons. The molecule has 0 spiro atoms. The van der Waals surface area contributed by atoms with Crippen molar-refractivity contribution in [2.45, 2.75) is 6.42 Å². The Kier molecular flexibility index (Phi) is 1.07. The second-order valence-corrected chi connectivity index (χ2v) is 2.29. The molecule has 1 nitrogen and oxygen atoms in total. The molecule has 0 fully saturated rings. The molecular weight excluding hydrogens is 129 g/mol. The molecule has 0 atom stereocenters. The van der Waals surface area contributed by atoms with Crippen LogP contribution in [0.15, 0.2) is 29.3 Å². The number of benzene rings is 1. The van der Waals surface area contributed by atoms with Crippen LogP contribution in [-0.2, 0) is 6.42 Å². The van der Waals surface area contributed by atoms with Crippen molar-refractivity contribution in [3.63, 3.8) is 0 Å². The third kappa shape index (κ3) is 0.727. The molecule has 2 heteroatoms. The van der Waals surface area contributed by atoms with E-state index in [0.29, 0.717) is 6.42 Å². The van der Waals surface area contributed by atoms with Crippen molar-refractivity contribution < 1.29 is 4.39 Å². The molecule has 0 saturated carbocycles. The molecule has 50 valence electrons. The van der Waals surface area contributed by atoms with Crippen molar-refractivity contribution in [2.75, 3.05) is 0 Å². The molecule has 1 aliphatic rings. The normalized spacial score (nSPS) is 14.7. The number of hydrogen-bond acceptors (Lipinski definition) is 1. The highest BCUT2D eigenvalue weighted by molar-refractivity contribution is 5.86. The highest BCUT2D eigenvalue weighted by Crippen LogP contribution is 2.25. The van der Waals surface area contributed by atoms with E-state index in [4.69, 9.17) is 0 Å². The lowest BCUT2D eigenvalue weighted by atomic mass is 10.2. The zero-order chi connectivity index (χ0) is 6.97. The predicted octanol–water partition coefficient (Wildman–Crippen LogP) is 2.24. The Labute approximate surface area is 58.2 Å². The Morgan fingerprint density at radius 2 is 2.10 bits per heavy atom. The van der Waals surface area contributed by atoms with E-state index in [1.54, 1.807) is 0 Å². The minimum Gasteiger partial charge on any atom is -0.224 e. The first-order valence-corrected chi connectivity index (χ1v) is 3.17. The van der Waals surface area contributed by atoms with Gasteiger partial charge in [-0.1, -0.05) is 18.2 Å². The van der Waals surface area contributed by atoms with Crippen LogP contribution in [0.5, 0.6) is 0 Å². The van der Waals surface area contributed by atoms with E-state index >= 15 is 0 Å². The van der Waals surface area contributed by atoms with E-state index in [1.165, 1.54) is 0 Å². The van der Waals surface area contributed by atoms with Gasteiger partial charge in [0.2, 0.25) is 0 Å². The van der Waals surface area contributed by atoms with Crippen molar-refractivity contribution >= 4 is 11.7 Å². The molecule has 1 aromatic rings. The van der Waals surface area contributed by atoms with E-state index in [1.807, 2.05) is 24.3 Å². The summed E-state index contributed by atoms with van der Waals surface area (Å²) in [6.07, 6.45) is 0.371. The summed E-state index contributed by atoms with van der Waals surface area (Å²) in [6.45, 7) is 0. The predicted molar refractivity (Wildman–Crippen MR) is 38.3 cm³/mol. The number of hydrogen-bond donors (Lipinski definition) is 0. The highest BCUT2D eigenvalue weighted by Gasteiger charge is 2.11. The van der Waals surface area contributed by atoms with Crippen LogP contribution in [0.2, 0.25) is 0 Å². The largest absolute Gasteiger partial charge is 0.224 e. The van der Waals surface area contributed by atoms with Gasteiger partial charge >= 0.3 is 0 Å². The lowest BCUT2D eigenvalue weighted by Gasteiger charge is -1.90. The second-order valence-electron chi connectivity index (χ2n) is 2.29. The van der Waals surface area contributed by atoms with Crippen LogP contribution in [0, 0.1) is 0 Å². The summed E-state index contributed by atoms with van der Waals surface area (Å²) in [5, 5.41) is 0. The fourth-order valence-electron chi connectivity index (χ4n) is 1.10. The number of fused-ring (bicyclic) bond motifs is 1. The van der Waals surface area contributed by atoms with Crippen LogP contribution in [0.4, 0.5) is 10.1 Å². The first kappa shape index (κ1) is 5.59. The topological polar surface area (TPSA) is 12.4 Å². The minimum absolute atomic E-state index is 0.277. The third-order valence-electron chi connectivity index (χ3n) is 1.57. The van der Waals surface area contributed by atoms with Crippen LogP contribution in [-0.4, -0.2) is 5.97 Å². The maximum atomic E-state index is 12.5. The SMILES string of the molecule is FC1=Nc2ccccc2C1. The quantitative estimate of drug-likeness (QED) is 0.517. The number of rotatable bonds is 0. The molecule has 0 N–H and O–H groups in total. The highest BCUT2D eigenvalue weighted by atomic mass is 19.1. The summed E-state index contributed by atoms with van der Waals surface area (Å²) in [4.78, 5) is 3.70. The molecule has 0 amide bonds. The Bertz CT molecular complexity index is 291. The lowest BCUT2D eigenvalue weighted by molar-refractivity contribution is 0.789. The number of para-hydroxylation sites is 1. The maximum Gasteiger partial charge on any atom is 0.194 e. The monoisotopic (exact) mass is 135 g/mol. The van der Waals surface area contributed by atoms with Crippen LogP contribution in [0.1, 0.15) is 5.56 Å². The van der Waals surface area contributed by atoms with Gasteiger partial charge in [0, 0.05) is 6.42 Å². The van der Waals surface area contributed by atoms with E-state index in [2.05, 4.69) is 4.99 Å². The maximum absolute atomic E-state index is 12.5. The summed E-state index contributed by atoms with van der Waals surface area (Å²) < 4.78 is 12.5. The fraction of sp³-hybridized carbons (Fsp3) is 0.125. The smallest absolute Gasteiger partial charge is 0.194 e. The van der Waals surface area contributed by atoms with Crippen LogP contribution < -0.4 is 0 Å². The van der Waals surface area contributed by atoms with Gasteiger partial charge in [0.05, 0.1) is 5.69 Å². The van der Waals surface area contributed by atoms with Gasteiger partial charge in [0.15, 0.2) is 5.97 Å². The fourth-order valence-corrected chi connectivity index (χ4v) is 1.10. The Morgan fingerprint density at radius 1 is 1.30 bits per heavy atom. The molecule has 0 aromatic heterocycles.